The van der Waals surface area contributed by atoms with Crippen molar-refractivity contribution in [2.45, 2.75) is 50.1 Å². The van der Waals surface area contributed by atoms with E-state index in [0.717, 1.165) is 48.2 Å². The zero-order valence-electron chi connectivity index (χ0n) is 20.7. The average molecular weight is 503 g/mol. The molecule has 186 valence electrons. The predicted molar refractivity (Wildman–Crippen MR) is 143 cm³/mol. The van der Waals surface area contributed by atoms with Gasteiger partial charge in [-0.1, -0.05) is 61.2 Å². The van der Waals surface area contributed by atoms with Crippen molar-refractivity contribution >= 4 is 29.1 Å². The quantitative estimate of drug-likeness (QED) is 0.393. The lowest BCUT2D eigenvalue weighted by molar-refractivity contribution is -0.121. The fourth-order valence-corrected chi connectivity index (χ4v) is 5.86. The minimum absolute atomic E-state index is 0.0107. The summed E-state index contributed by atoms with van der Waals surface area (Å²) >= 11 is 6.10. The minimum atomic E-state index is -0.546. The normalized spacial score (nSPS) is 20.1. The van der Waals surface area contributed by atoms with E-state index >= 15 is 0 Å². The van der Waals surface area contributed by atoms with Gasteiger partial charge in [0.2, 0.25) is 5.91 Å². The van der Waals surface area contributed by atoms with Crippen LogP contribution in [0.4, 0.5) is 5.69 Å². The lowest BCUT2D eigenvalue weighted by Gasteiger charge is -2.47. The summed E-state index contributed by atoms with van der Waals surface area (Å²) in [5, 5.41) is 0.618. The number of ether oxygens (including phenoxy) is 1. The van der Waals surface area contributed by atoms with Crippen molar-refractivity contribution in [1.82, 2.24) is 4.90 Å². The van der Waals surface area contributed by atoms with Gasteiger partial charge in [-0.25, -0.2) is 0 Å². The monoisotopic (exact) mass is 502 g/mol. The Hall–Kier alpha value is -3.31. The van der Waals surface area contributed by atoms with Crippen LogP contribution in [0.25, 0.3) is 0 Å². The number of rotatable bonds is 5. The molecule has 2 unspecified atom stereocenters. The minimum Gasteiger partial charge on any atom is -0.497 e. The highest BCUT2D eigenvalue weighted by molar-refractivity contribution is 6.30. The summed E-state index contributed by atoms with van der Waals surface area (Å²) < 4.78 is 5.39. The number of carbonyl (C=O) groups excluding carboxylic acids is 2. The molecule has 1 fully saturated rings. The summed E-state index contributed by atoms with van der Waals surface area (Å²) in [5.41, 5.74) is 3.10. The van der Waals surface area contributed by atoms with Gasteiger partial charge in [-0.2, -0.15) is 0 Å². The number of carbonyl (C=O) groups is 2. The second-order valence-electron chi connectivity index (χ2n) is 9.66. The smallest absolute Gasteiger partial charge is 0.254 e. The molecule has 5 rings (SSSR count). The summed E-state index contributed by atoms with van der Waals surface area (Å²) in [6.07, 6.45) is 5.27. The molecule has 2 atom stereocenters. The molecule has 1 aliphatic carbocycles. The Bertz CT molecular complexity index is 1240. The third-order valence-corrected chi connectivity index (χ3v) is 7.86. The number of halogens is 1. The Kier molecular flexibility index (Phi) is 7.01. The molecule has 5 nitrogen and oxygen atoms in total. The molecule has 2 aliphatic rings. The first-order valence-corrected chi connectivity index (χ1v) is 13.0. The Morgan fingerprint density at radius 3 is 2.28 bits per heavy atom. The Morgan fingerprint density at radius 2 is 1.61 bits per heavy atom. The van der Waals surface area contributed by atoms with Crippen molar-refractivity contribution < 1.29 is 14.3 Å². The van der Waals surface area contributed by atoms with Gasteiger partial charge in [-0.15, -0.1) is 0 Å². The van der Waals surface area contributed by atoms with Crippen molar-refractivity contribution in [3.8, 4) is 5.75 Å². The third kappa shape index (κ3) is 4.48. The van der Waals surface area contributed by atoms with E-state index in [1.807, 2.05) is 65.6 Å². The number of hydrogen-bond donors (Lipinski definition) is 0. The number of fused-ring (bicyclic) bond motifs is 1. The van der Waals surface area contributed by atoms with Gasteiger partial charge < -0.3 is 14.5 Å². The summed E-state index contributed by atoms with van der Waals surface area (Å²) in [4.78, 5) is 32.0. The Labute approximate surface area is 217 Å². The first-order chi connectivity index (χ1) is 17.5. The van der Waals surface area contributed by atoms with Gasteiger partial charge in [0, 0.05) is 29.4 Å². The lowest BCUT2D eigenvalue weighted by atomic mass is 9.77. The van der Waals surface area contributed by atoms with Crippen LogP contribution < -0.4 is 9.64 Å². The number of likely N-dealkylation sites (N-methyl/N-ethyl adjacent to an activating group) is 1. The maximum Gasteiger partial charge on any atom is 0.254 e. The highest BCUT2D eigenvalue weighted by Gasteiger charge is 2.47. The maximum atomic E-state index is 14.3. The van der Waals surface area contributed by atoms with E-state index in [0.29, 0.717) is 10.6 Å². The second-order valence-corrected chi connectivity index (χ2v) is 10.1. The molecular weight excluding hydrogens is 472 g/mol. The number of amides is 2. The van der Waals surface area contributed by atoms with Crippen LogP contribution in [0.3, 0.4) is 0 Å². The van der Waals surface area contributed by atoms with Crippen LogP contribution in [0.5, 0.6) is 5.75 Å². The molecular formula is C30H31ClN2O3. The predicted octanol–water partition coefficient (Wildman–Crippen LogP) is 6.63. The van der Waals surface area contributed by atoms with Gasteiger partial charge in [0.1, 0.15) is 5.75 Å². The molecule has 1 aliphatic heterocycles. The molecule has 0 radical (unpaired) electrons. The van der Waals surface area contributed by atoms with Crippen molar-refractivity contribution in [1.29, 1.82) is 0 Å². The summed E-state index contributed by atoms with van der Waals surface area (Å²) in [6, 6.07) is 22.3. The average Bonchev–Trinajstić information content (AvgIpc) is 2.93. The first-order valence-electron chi connectivity index (χ1n) is 12.6. The van der Waals surface area contributed by atoms with E-state index in [4.69, 9.17) is 16.3 Å². The summed E-state index contributed by atoms with van der Waals surface area (Å²) in [6.45, 7) is 0. The lowest BCUT2D eigenvalue weighted by Crippen LogP contribution is -2.52. The van der Waals surface area contributed by atoms with E-state index in [-0.39, 0.29) is 17.9 Å². The first kappa shape index (κ1) is 24.4. The van der Waals surface area contributed by atoms with E-state index in [2.05, 4.69) is 0 Å². The van der Waals surface area contributed by atoms with Crippen LogP contribution in [0, 0.1) is 0 Å². The Morgan fingerprint density at radius 1 is 0.944 bits per heavy atom. The second kappa shape index (κ2) is 10.4. The van der Waals surface area contributed by atoms with Gasteiger partial charge in [0.15, 0.2) is 0 Å². The number of methoxy groups -OCH3 is 1. The zero-order chi connectivity index (χ0) is 25.2. The highest BCUT2D eigenvalue weighted by Crippen LogP contribution is 2.47. The molecule has 3 aromatic carbocycles. The molecule has 0 bridgehead atoms. The van der Waals surface area contributed by atoms with Crippen LogP contribution in [-0.4, -0.2) is 36.9 Å². The van der Waals surface area contributed by atoms with Crippen LogP contribution in [0.1, 0.15) is 65.5 Å². The molecule has 0 saturated heterocycles. The van der Waals surface area contributed by atoms with Gasteiger partial charge in [-0.05, 0) is 66.4 Å². The number of nitrogens with zero attached hydrogens (tertiary/aromatic N) is 2. The van der Waals surface area contributed by atoms with Crippen molar-refractivity contribution in [2.75, 3.05) is 19.1 Å². The molecule has 36 heavy (non-hydrogen) atoms. The number of anilines is 1. The van der Waals surface area contributed by atoms with E-state index in [1.165, 1.54) is 6.42 Å². The summed E-state index contributed by atoms with van der Waals surface area (Å²) in [5.74, 6) is 0.150. The maximum absolute atomic E-state index is 14.3. The molecule has 0 aromatic heterocycles. The van der Waals surface area contributed by atoms with Crippen LogP contribution >= 0.6 is 11.6 Å². The third-order valence-electron chi connectivity index (χ3n) is 7.61. The standard InChI is InChI=1S/C30H31ClN2O3/c1-32(22-16-14-21(31)15-17-22)30(35)27-25-10-6-7-11-26(25)29(34)33(23-8-4-3-5-9-23)28(27)20-12-18-24(36-2)19-13-20/h6-7,10-19,23,27-28H,3-5,8-9H2,1-2H3. The SMILES string of the molecule is COc1ccc(C2C(C(=O)N(C)c3ccc(Cl)cc3)c3ccccc3C(=O)N2C2CCCCC2)cc1. The van der Waals surface area contributed by atoms with E-state index < -0.39 is 12.0 Å². The molecule has 0 spiro atoms. The van der Waals surface area contributed by atoms with Gasteiger partial charge >= 0.3 is 0 Å². The molecule has 1 saturated carbocycles. The van der Waals surface area contributed by atoms with E-state index in [9.17, 15) is 9.59 Å². The van der Waals surface area contributed by atoms with Gasteiger partial charge in [0.25, 0.3) is 5.91 Å². The van der Waals surface area contributed by atoms with E-state index in [1.54, 1.807) is 31.2 Å². The molecule has 0 N–H and O–H groups in total. The fourth-order valence-electron chi connectivity index (χ4n) is 5.73. The number of benzene rings is 3. The number of hydrogen-bond acceptors (Lipinski definition) is 3. The van der Waals surface area contributed by atoms with Crippen molar-refractivity contribution in [2.24, 2.45) is 0 Å². The topological polar surface area (TPSA) is 49.9 Å². The van der Waals surface area contributed by atoms with Gasteiger partial charge in [0.05, 0.1) is 19.1 Å². The molecule has 6 heteroatoms. The van der Waals surface area contributed by atoms with Crippen LogP contribution in [0.2, 0.25) is 5.02 Å². The molecule has 1 heterocycles. The highest BCUT2D eigenvalue weighted by atomic mass is 35.5. The van der Waals surface area contributed by atoms with Crippen molar-refractivity contribution in [3.63, 3.8) is 0 Å². The van der Waals surface area contributed by atoms with Crippen molar-refractivity contribution in [3.05, 3.63) is 94.5 Å². The molecule has 2 amide bonds. The van der Waals surface area contributed by atoms with Crippen LogP contribution in [0.15, 0.2) is 72.8 Å². The Balaban J connectivity index is 1.66. The fraction of sp³-hybridized carbons (Fsp3) is 0.333. The largest absolute Gasteiger partial charge is 0.497 e. The summed E-state index contributed by atoms with van der Waals surface area (Å²) in [7, 11) is 3.43. The zero-order valence-corrected chi connectivity index (χ0v) is 21.4. The molecule has 3 aromatic rings. The van der Waals surface area contributed by atoms with Gasteiger partial charge in [-0.3, -0.25) is 9.59 Å². The van der Waals surface area contributed by atoms with Crippen LogP contribution in [-0.2, 0) is 4.79 Å².